The Kier molecular flexibility index (Phi) is 6.80. The Balaban J connectivity index is 1.64. The number of aromatic hydroxyl groups is 1. The van der Waals surface area contributed by atoms with Crippen LogP contribution in [0.2, 0.25) is 5.02 Å². The third-order valence-corrected chi connectivity index (χ3v) is 8.03. The zero-order chi connectivity index (χ0) is 28.1. The lowest BCUT2D eigenvalue weighted by atomic mass is 10.1. The van der Waals surface area contributed by atoms with Crippen molar-refractivity contribution in [3.05, 3.63) is 81.8 Å². The Labute approximate surface area is 236 Å². The highest BCUT2D eigenvalue weighted by molar-refractivity contribution is 6.34. The van der Waals surface area contributed by atoms with Gasteiger partial charge in [0.15, 0.2) is 5.65 Å². The fourth-order valence-electron chi connectivity index (χ4n) is 5.66. The van der Waals surface area contributed by atoms with E-state index >= 15 is 4.39 Å². The first-order valence-electron chi connectivity index (χ1n) is 13.5. The van der Waals surface area contributed by atoms with E-state index in [1.807, 2.05) is 19.1 Å². The van der Waals surface area contributed by atoms with Crippen LogP contribution in [-0.2, 0) is 0 Å². The number of benzene rings is 1. The predicted molar refractivity (Wildman–Crippen MR) is 155 cm³/mol. The fraction of sp³-hybridized carbons (Fsp3) is 0.333. The molecule has 0 radical (unpaired) electrons. The lowest BCUT2D eigenvalue weighted by Crippen LogP contribution is -2.52. The van der Waals surface area contributed by atoms with Crippen molar-refractivity contribution >= 4 is 28.5 Å². The van der Waals surface area contributed by atoms with E-state index in [-0.39, 0.29) is 39.6 Å². The Morgan fingerprint density at radius 1 is 1.23 bits per heavy atom. The van der Waals surface area contributed by atoms with E-state index in [9.17, 15) is 9.90 Å². The second-order valence-electron chi connectivity index (χ2n) is 10.6. The van der Waals surface area contributed by atoms with Crippen LogP contribution in [0.25, 0.3) is 28.0 Å². The maximum absolute atomic E-state index is 15.0. The number of rotatable bonds is 6. The minimum Gasteiger partial charge on any atom is -0.507 e. The van der Waals surface area contributed by atoms with E-state index in [1.165, 1.54) is 22.8 Å². The summed E-state index contributed by atoms with van der Waals surface area (Å²) in [6, 6.07) is 7.61. The number of aromatic nitrogens is 4. The standard InChI is InChI=1S/C30H30ClFN6O2/c1-4-12-36-13-14-37(18(3)16-36)28-20-15-21(31)26(24-22(32)6-5-7-23(24)39)34-29(20)38(30(40)35-28)27-17(2)10-11-33-25(27)19-8-9-19/h4-7,10-11,15,18-19,39H,1,8-9,12-14,16H2,2-3H3/t18-/m0/s1. The van der Waals surface area contributed by atoms with Crippen LogP contribution in [0.1, 0.15) is 36.9 Å². The van der Waals surface area contributed by atoms with Gasteiger partial charge in [0, 0.05) is 44.3 Å². The van der Waals surface area contributed by atoms with E-state index < -0.39 is 11.5 Å². The van der Waals surface area contributed by atoms with Gasteiger partial charge in [0.05, 0.1) is 33.0 Å². The summed E-state index contributed by atoms with van der Waals surface area (Å²) in [5, 5.41) is 11.3. The second-order valence-corrected chi connectivity index (χ2v) is 11.0. The maximum Gasteiger partial charge on any atom is 0.355 e. The molecular formula is C30H30ClFN6O2. The number of fused-ring (bicyclic) bond motifs is 1. The van der Waals surface area contributed by atoms with E-state index in [2.05, 4.69) is 33.3 Å². The highest BCUT2D eigenvalue weighted by Gasteiger charge is 2.32. The van der Waals surface area contributed by atoms with Crippen molar-refractivity contribution in [2.45, 2.75) is 38.6 Å². The summed E-state index contributed by atoms with van der Waals surface area (Å²) in [6.07, 6.45) is 5.61. The topological polar surface area (TPSA) is 87.4 Å². The third kappa shape index (κ3) is 4.53. The Morgan fingerprint density at radius 2 is 2.02 bits per heavy atom. The van der Waals surface area contributed by atoms with E-state index in [0.717, 1.165) is 43.7 Å². The molecule has 6 rings (SSSR count). The van der Waals surface area contributed by atoms with Gasteiger partial charge in [-0.25, -0.2) is 18.7 Å². The zero-order valence-corrected chi connectivity index (χ0v) is 23.2. The van der Waals surface area contributed by atoms with Crippen LogP contribution in [-0.4, -0.2) is 61.7 Å². The van der Waals surface area contributed by atoms with Crippen molar-refractivity contribution in [3.63, 3.8) is 0 Å². The second kappa shape index (κ2) is 10.3. The number of hydrogen-bond donors (Lipinski definition) is 1. The number of anilines is 1. The monoisotopic (exact) mass is 560 g/mol. The first kappa shape index (κ1) is 26.4. The molecule has 1 saturated carbocycles. The van der Waals surface area contributed by atoms with Gasteiger partial charge in [0.1, 0.15) is 17.4 Å². The number of piperazine rings is 1. The summed E-state index contributed by atoms with van der Waals surface area (Å²) in [4.78, 5) is 32.4. The van der Waals surface area contributed by atoms with Gasteiger partial charge in [-0.05, 0) is 56.5 Å². The van der Waals surface area contributed by atoms with Crippen molar-refractivity contribution in [1.29, 1.82) is 0 Å². The molecule has 1 aromatic carbocycles. The minimum atomic E-state index is -0.667. The van der Waals surface area contributed by atoms with Crippen LogP contribution in [0.4, 0.5) is 10.2 Å². The molecule has 0 spiro atoms. The Hall–Kier alpha value is -3.82. The maximum atomic E-state index is 15.0. The molecule has 8 nitrogen and oxygen atoms in total. The number of pyridine rings is 2. The Bertz CT molecular complexity index is 1680. The SMILES string of the molecule is C=CCN1CCN(c2nc(=O)n(-c3c(C)ccnc3C3CC3)c3nc(-c4c(O)cccc4F)c(Cl)cc23)[C@@H](C)C1. The number of phenols is 1. The third-order valence-electron chi connectivity index (χ3n) is 7.74. The van der Waals surface area contributed by atoms with Crippen molar-refractivity contribution in [2.75, 3.05) is 31.1 Å². The molecule has 4 aromatic rings. The molecular weight excluding hydrogens is 531 g/mol. The number of halogens is 2. The van der Waals surface area contributed by atoms with Gasteiger partial charge in [-0.1, -0.05) is 23.7 Å². The molecule has 40 heavy (non-hydrogen) atoms. The molecule has 1 saturated heterocycles. The smallest absolute Gasteiger partial charge is 0.355 e. The van der Waals surface area contributed by atoms with Crippen LogP contribution in [0.15, 0.2) is 54.0 Å². The molecule has 3 aromatic heterocycles. The Morgan fingerprint density at radius 3 is 2.73 bits per heavy atom. The van der Waals surface area contributed by atoms with E-state index in [4.69, 9.17) is 16.6 Å². The molecule has 2 fully saturated rings. The van der Waals surface area contributed by atoms with Gasteiger partial charge in [-0.15, -0.1) is 6.58 Å². The first-order valence-corrected chi connectivity index (χ1v) is 13.8. The molecule has 10 heteroatoms. The summed E-state index contributed by atoms with van der Waals surface area (Å²) in [6.45, 7) is 10.8. The van der Waals surface area contributed by atoms with Gasteiger partial charge in [0.25, 0.3) is 0 Å². The quantitative estimate of drug-likeness (QED) is 0.323. The normalized spacial score (nSPS) is 17.9. The summed E-state index contributed by atoms with van der Waals surface area (Å²) in [5.74, 6) is -0.229. The summed E-state index contributed by atoms with van der Waals surface area (Å²) < 4.78 is 16.5. The number of aryl methyl sites for hydroxylation is 1. The molecule has 1 aliphatic carbocycles. The van der Waals surface area contributed by atoms with Crippen LogP contribution in [0.3, 0.4) is 0 Å². The van der Waals surface area contributed by atoms with Gasteiger partial charge in [-0.3, -0.25) is 9.88 Å². The van der Waals surface area contributed by atoms with Gasteiger partial charge in [-0.2, -0.15) is 4.98 Å². The van der Waals surface area contributed by atoms with Crippen LogP contribution in [0, 0.1) is 12.7 Å². The van der Waals surface area contributed by atoms with Gasteiger partial charge >= 0.3 is 5.69 Å². The number of hydrogen-bond acceptors (Lipinski definition) is 7. The molecule has 1 N–H and O–H groups in total. The number of phenolic OH excluding ortho intramolecular Hbond substituents is 1. The number of nitrogens with zero attached hydrogens (tertiary/aromatic N) is 6. The lowest BCUT2D eigenvalue weighted by Gasteiger charge is -2.40. The summed E-state index contributed by atoms with van der Waals surface area (Å²) in [5.41, 5.74) is 2.03. The summed E-state index contributed by atoms with van der Waals surface area (Å²) >= 11 is 6.75. The van der Waals surface area contributed by atoms with Gasteiger partial charge in [0.2, 0.25) is 0 Å². The van der Waals surface area contributed by atoms with Crippen molar-refractivity contribution in [1.82, 2.24) is 24.4 Å². The lowest BCUT2D eigenvalue weighted by molar-refractivity contribution is 0.250. The molecule has 1 atom stereocenters. The molecule has 206 valence electrons. The molecule has 0 bridgehead atoms. The van der Waals surface area contributed by atoms with E-state index in [0.29, 0.717) is 23.4 Å². The van der Waals surface area contributed by atoms with Crippen molar-refractivity contribution < 1.29 is 9.50 Å². The summed E-state index contributed by atoms with van der Waals surface area (Å²) in [7, 11) is 0. The molecule has 0 unspecified atom stereocenters. The average molecular weight is 561 g/mol. The molecule has 1 aliphatic heterocycles. The average Bonchev–Trinajstić information content (AvgIpc) is 3.75. The van der Waals surface area contributed by atoms with Crippen LogP contribution < -0.4 is 10.6 Å². The highest BCUT2D eigenvalue weighted by atomic mass is 35.5. The van der Waals surface area contributed by atoms with Crippen molar-refractivity contribution in [2.24, 2.45) is 0 Å². The predicted octanol–water partition coefficient (Wildman–Crippen LogP) is 5.22. The van der Waals surface area contributed by atoms with E-state index in [1.54, 1.807) is 12.3 Å². The minimum absolute atomic E-state index is 0.0495. The highest BCUT2D eigenvalue weighted by Crippen LogP contribution is 2.43. The fourth-order valence-corrected chi connectivity index (χ4v) is 5.91. The molecule has 2 aliphatic rings. The van der Waals surface area contributed by atoms with Crippen molar-refractivity contribution in [3.8, 4) is 22.7 Å². The largest absolute Gasteiger partial charge is 0.507 e. The van der Waals surface area contributed by atoms with Crippen LogP contribution in [0.5, 0.6) is 5.75 Å². The zero-order valence-electron chi connectivity index (χ0n) is 22.4. The molecule has 4 heterocycles. The first-order chi connectivity index (χ1) is 19.3. The van der Waals surface area contributed by atoms with Crippen LogP contribution >= 0.6 is 11.6 Å². The molecule has 0 amide bonds. The van der Waals surface area contributed by atoms with Gasteiger partial charge < -0.3 is 10.0 Å².